The molecule has 2 atom stereocenters. The second-order valence-electron chi connectivity index (χ2n) is 3.10. The summed E-state index contributed by atoms with van der Waals surface area (Å²) >= 11 is 5.37. The fraction of sp³-hybridized carbons (Fsp3) is 0.300. The van der Waals surface area contributed by atoms with Crippen molar-refractivity contribution in [2.75, 3.05) is 5.88 Å². The molecule has 1 aromatic carbocycles. The van der Waals surface area contributed by atoms with E-state index in [-0.39, 0.29) is 11.4 Å². The van der Waals surface area contributed by atoms with Crippen LogP contribution in [0.1, 0.15) is 22.0 Å². The summed E-state index contributed by atoms with van der Waals surface area (Å²) in [4.78, 5) is 10.6. The summed E-state index contributed by atoms with van der Waals surface area (Å²) in [5.41, 5.74) is 0.399. The predicted octanol–water partition coefficient (Wildman–Crippen LogP) is 1.02. The van der Waals surface area contributed by atoms with E-state index in [0.29, 0.717) is 5.56 Å². The number of hydrogen-bond donors (Lipinski definition) is 3. The standard InChI is InChI=1S/C10H11ClO4/c11-5-8(12)9(13)6-2-1-3-7(4-6)10(14)15/h1-4,8-9,12-13H,5H2,(H,14,15). The predicted molar refractivity (Wildman–Crippen MR) is 55.1 cm³/mol. The topological polar surface area (TPSA) is 77.8 Å². The van der Waals surface area contributed by atoms with Crippen LogP contribution in [-0.2, 0) is 0 Å². The smallest absolute Gasteiger partial charge is 0.335 e. The summed E-state index contributed by atoms with van der Waals surface area (Å²) in [5.74, 6) is -1.19. The molecule has 0 aliphatic heterocycles. The van der Waals surface area contributed by atoms with E-state index < -0.39 is 18.2 Å². The summed E-state index contributed by atoms with van der Waals surface area (Å²) < 4.78 is 0. The van der Waals surface area contributed by atoms with Crippen LogP contribution in [0.2, 0.25) is 0 Å². The number of carboxylic acids is 1. The Bertz CT molecular complexity index is 353. The average molecular weight is 231 g/mol. The largest absolute Gasteiger partial charge is 0.478 e. The van der Waals surface area contributed by atoms with Crippen LogP contribution in [0.25, 0.3) is 0 Å². The van der Waals surface area contributed by atoms with Crippen LogP contribution in [0.3, 0.4) is 0 Å². The van der Waals surface area contributed by atoms with Crippen LogP contribution in [0, 0.1) is 0 Å². The molecular weight excluding hydrogens is 220 g/mol. The maximum atomic E-state index is 10.6. The number of carboxylic acid groups (broad SMARTS) is 1. The van der Waals surface area contributed by atoms with Crippen molar-refractivity contribution >= 4 is 17.6 Å². The van der Waals surface area contributed by atoms with E-state index in [0.717, 1.165) is 0 Å². The minimum atomic E-state index is -1.17. The van der Waals surface area contributed by atoms with Crippen molar-refractivity contribution in [2.24, 2.45) is 0 Å². The Morgan fingerprint density at radius 1 is 1.40 bits per heavy atom. The van der Waals surface area contributed by atoms with Gasteiger partial charge in [-0.1, -0.05) is 12.1 Å². The van der Waals surface area contributed by atoms with Crippen LogP contribution in [-0.4, -0.2) is 33.3 Å². The lowest BCUT2D eigenvalue weighted by molar-refractivity contribution is 0.0326. The van der Waals surface area contributed by atoms with E-state index in [9.17, 15) is 15.0 Å². The molecule has 0 heterocycles. The van der Waals surface area contributed by atoms with Gasteiger partial charge in [0.05, 0.1) is 17.5 Å². The van der Waals surface area contributed by atoms with E-state index >= 15 is 0 Å². The Kier molecular flexibility index (Phi) is 4.08. The van der Waals surface area contributed by atoms with Crippen molar-refractivity contribution < 1.29 is 20.1 Å². The first-order chi connectivity index (χ1) is 7.06. The van der Waals surface area contributed by atoms with Gasteiger partial charge in [0.15, 0.2) is 0 Å². The molecule has 0 amide bonds. The molecular formula is C10H11ClO4. The van der Waals surface area contributed by atoms with Crippen molar-refractivity contribution in [3.8, 4) is 0 Å². The Hall–Kier alpha value is -1.10. The molecule has 0 aromatic heterocycles. The van der Waals surface area contributed by atoms with Gasteiger partial charge < -0.3 is 15.3 Å². The molecule has 5 heteroatoms. The third kappa shape index (κ3) is 2.92. The van der Waals surface area contributed by atoms with E-state index in [1.807, 2.05) is 0 Å². The Labute approximate surface area is 91.7 Å². The van der Waals surface area contributed by atoms with Gasteiger partial charge in [-0.2, -0.15) is 0 Å². The minimum Gasteiger partial charge on any atom is -0.478 e. The highest BCUT2D eigenvalue weighted by atomic mass is 35.5. The van der Waals surface area contributed by atoms with Gasteiger partial charge in [-0.25, -0.2) is 4.79 Å². The molecule has 4 nitrogen and oxygen atoms in total. The maximum absolute atomic E-state index is 10.6. The number of benzene rings is 1. The van der Waals surface area contributed by atoms with E-state index in [1.54, 1.807) is 0 Å². The number of hydrogen-bond acceptors (Lipinski definition) is 3. The van der Waals surface area contributed by atoms with Crippen LogP contribution in [0.4, 0.5) is 0 Å². The second kappa shape index (κ2) is 5.11. The molecule has 1 aromatic rings. The number of aromatic carboxylic acids is 1. The van der Waals surface area contributed by atoms with Crippen molar-refractivity contribution in [3.05, 3.63) is 35.4 Å². The number of halogens is 1. The summed E-state index contributed by atoms with van der Waals surface area (Å²) in [5, 5.41) is 27.6. The molecule has 0 aliphatic carbocycles. The van der Waals surface area contributed by atoms with Crippen LogP contribution in [0.5, 0.6) is 0 Å². The SMILES string of the molecule is O=C(O)c1cccc(C(O)C(O)CCl)c1. The molecule has 0 saturated heterocycles. The quantitative estimate of drug-likeness (QED) is 0.675. The van der Waals surface area contributed by atoms with Gasteiger partial charge in [-0.15, -0.1) is 11.6 Å². The highest BCUT2D eigenvalue weighted by molar-refractivity contribution is 6.18. The maximum Gasteiger partial charge on any atom is 0.335 e. The Morgan fingerprint density at radius 3 is 2.60 bits per heavy atom. The van der Waals surface area contributed by atoms with E-state index in [4.69, 9.17) is 16.7 Å². The molecule has 0 radical (unpaired) electrons. The van der Waals surface area contributed by atoms with Crippen LogP contribution in [0.15, 0.2) is 24.3 Å². The summed E-state index contributed by atoms with van der Waals surface area (Å²) in [6, 6.07) is 5.75. The monoisotopic (exact) mass is 230 g/mol. The van der Waals surface area contributed by atoms with Gasteiger partial charge in [0.1, 0.15) is 6.10 Å². The minimum absolute atomic E-state index is 0.0633. The third-order valence-electron chi connectivity index (χ3n) is 2.00. The first-order valence-electron chi connectivity index (χ1n) is 4.31. The van der Waals surface area contributed by atoms with Crippen LogP contribution < -0.4 is 0 Å². The zero-order valence-corrected chi connectivity index (χ0v) is 8.55. The third-order valence-corrected chi connectivity index (χ3v) is 2.31. The first-order valence-corrected chi connectivity index (χ1v) is 4.85. The molecule has 0 spiro atoms. The van der Waals surface area contributed by atoms with Gasteiger partial charge in [0, 0.05) is 0 Å². The van der Waals surface area contributed by atoms with Crippen LogP contribution >= 0.6 is 11.6 Å². The highest BCUT2D eigenvalue weighted by Crippen LogP contribution is 2.18. The molecule has 15 heavy (non-hydrogen) atoms. The molecule has 0 fully saturated rings. The molecule has 0 bridgehead atoms. The lowest BCUT2D eigenvalue weighted by Gasteiger charge is -2.15. The van der Waals surface area contributed by atoms with Gasteiger partial charge in [0.25, 0.3) is 0 Å². The summed E-state index contributed by atoms with van der Waals surface area (Å²) in [7, 11) is 0. The van der Waals surface area contributed by atoms with Gasteiger partial charge in [0.2, 0.25) is 0 Å². The average Bonchev–Trinajstić information content (AvgIpc) is 2.27. The number of rotatable bonds is 4. The van der Waals surface area contributed by atoms with Crippen molar-refractivity contribution in [3.63, 3.8) is 0 Å². The summed E-state index contributed by atoms with van der Waals surface area (Å²) in [6.45, 7) is 0. The van der Waals surface area contributed by atoms with E-state index in [2.05, 4.69) is 0 Å². The second-order valence-corrected chi connectivity index (χ2v) is 3.41. The molecule has 1 rings (SSSR count). The lowest BCUT2D eigenvalue weighted by Crippen LogP contribution is -2.19. The molecule has 0 saturated carbocycles. The fourth-order valence-corrected chi connectivity index (χ4v) is 1.33. The lowest BCUT2D eigenvalue weighted by atomic mass is 10.0. The van der Waals surface area contributed by atoms with Crippen molar-refractivity contribution in [1.29, 1.82) is 0 Å². The molecule has 0 aliphatic rings. The number of carbonyl (C=O) groups is 1. The fourth-order valence-electron chi connectivity index (χ4n) is 1.16. The molecule has 2 unspecified atom stereocenters. The number of aliphatic hydroxyl groups is 2. The molecule has 3 N–H and O–H groups in total. The zero-order valence-electron chi connectivity index (χ0n) is 7.80. The van der Waals surface area contributed by atoms with Gasteiger partial charge in [-0.3, -0.25) is 0 Å². The van der Waals surface area contributed by atoms with E-state index in [1.165, 1.54) is 24.3 Å². The highest BCUT2D eigenvalue weighted by Gasteiger charge is 2.18. The normalized spacial score (nSPS) is 14.6. The number of aliphatic hydroxyl groups excluding tert-OH is 2. The van der Waals surface area contributed by atoms with Gasteiger partial charge in [-0.05, 0) is 17.7 Å². The van der Waals surface area contributed by atoms with Crippen molar-refractivity contribution in [1.82, 2.24) is 0 Å². The Balaban J connectivity index is 2.94. The molecule has 82 valence electrons. The zero-order chi connectivity index (χ0) is 11.4. The first kappa shape index (κ1) is 12.0. The Morgan fingerprint density at radius 2 is 2.07 bits per heavy atom. The summed E-state index contributed by atoms with van der Waals surface area (Å²) in [6.07, 6.45) is -2.27. The van der Waals surface area contributed by atoms with Gasteiger partial charge >= 0.3 is 5.97 Å². The number of alkyl halides is 1. The van der Waals surface area contributed by atoms with Crippen molar-refractivity contribution in [2.45, 2.75) is 12.2 Å².